The maximum atomic E-state index is 13.4. The predicted molar refractivity (Wildman–Crippen MR) is 213 cm³/mol. The number of carboxylic acids is 1. The van der Waals surface area contributed by atoms with Crippen LogP contribution in [-0.4, -0.2) is 110 Å². The first-order valence-corrected chi connectivity index (χ1v) is 22.5. The van der Waals surface area contributed by atoms with Crippen molar-refractivity contribution in [2.75, 3.05) is 25.4 Å². The highest BCUT2D eigenvalue weighted by Crippen LogP contribution is 2.66. The molecule has 2 aliphatic heterocycles. The third-order valence-corrected chi connectivity index (χ3v) is 13.0. The monoisotopic (exact) mass is 951 g/mol. The second kappa shape index (κ2) is 17.8. The van der Waals surface area contributed by atoms with Gasteiger partial charge in [-0.05, 0) is 48.0 Å². The van der Waals surface area contributed by atoms with Crippen molar-refractivity contribution in [3.05, 3.63) is 88.6 Å². The van der Waals surface area contributed by atoms with Gasteiger partial charge in [-0.2, -0.15) is 8.62 Å². The van der Waals surface area contributed by atoms with Gasteiger partial charge in [-0.3, -0.25) is 18.7 Å². The number of aliphatic hydroxyl groups is 1. The van der Waals surface area contributed by atoms with E-state index in [1.165, 1.54) is 54.6 Å². The minimum atomic E-state index is -5.92. The fourth-order valence-electron chi connectivity index (χ4n) is 6.59. The molecule has 2 aromatic carbocycles. The van der Waals surface area contributed by atoms with Crippen molar-refractivity contribution in [3.63, 3.8) is 0 Å². The highest BCUT2D eigenvalue weighted by atomic mass is 31.3. The molecule has 1 fully saturated rings. The van der Waals surface area contributed by atoms with Crippen molar-refractivity contribution in [1.29, 1.82) is 0 Å². The first-order chi connectivity index (χ1) is 30.1. The highest BCUT2D eigenvalue weighted by molar-refractivity contribution is 7.66. The van der Waals surface area contributed by atoms with E-state index < -0.39 is 78.0 Å². The van der Waals surface area contributed by atoms with Gasteiger partial charge in [0.2, 0.25) is 0 Å². The van der Waals surface area contributed by atoms with Gasteiger partial charge in [-0.25, -0.2) is 38.2 Å². The summed E-state index contributed by atoms with van der Waals surface area (Å²) in [7, 11) is -17.3. The summed E-state index contributed by atoms with van der Waals surface area (Å²) >= 11 is 0. The summed E-state index contributed by atoms with van der Waals surface area (Å²) in [5.74, 6) is -2.22. The van der Waals surface area contributed by atoms with Crippen LogP contribution in [0.25, 0.3) is 44.6 Å². The molecular weight excluding hydrogens is 919 g/mol. The molecule has 2 unspecified atom stereocenters. The summed E-state index contributed by atoms with van der Waals surface area (Å²) < 4.78 is 65.5. The van der Waals surface area contributed by atoms with E-state index >= 15 is 0 Å². The van der Waals surface area contributed by atoms with E-state index in [2.05, 4.69) is 38.7 Å². The van der Waals surface area contributed by atoms with Crippen LogP contribution in [0.2, 0.25) is 0 Å². The molecule has 3 aliphatic rings. The van der Waals surface area contributed by atoms with Crippen molar-refractivity contribution < 1.29 is 90.0 Å². The van der Waals surface area contributed by atoms with Crippen LogP contribution in [0.15, 0.2) is 76.5 Å². The van der Waals surface area contributed by atoms with E-state index in [4.69, 9.17) is 29.4 Å². The number of phosphoric acid groups is 3. The summed E-state index contributed by atoms with van der Waals surface area (Å²) in [6.45, 7) is -1.75. The van der Waals surface area contributed by atoms with E-state index in [0.29, 0.717) is 10.9 Å². The Morgan fingerprint density at radius 2 is 1.64 bits per heavy atom. The van der Waals surface area contributed by atoms with Gasteiger partial charge in [0.25, 0.3) is 5.91 Å². The molecule has 338 valence electrons. The number of phenolic OH excluding ortho intramolecular Hbond substituents is 1. The maximum absolute atomic E-state index is 13.4. The number of rotatable bonds is 15. The summed E-state index contributed by atoms with van der Waals surface area (Å²) in [6, 6.07) is 11.7. The Bertz CT molecular complexity index is 3000. The molecule has 27 nitrogen and oxygen atoms in total. The number of ether oxygens (including phenoxy) is 2. The van der Waals surface area contributed by atoms with Gasteiger partial charge >= 0.3 is 35.5 Å². The number of carbonyl (C=O) groups excluding carboxylic acids is 2. The summed E-state index contributed by atoms with van der Waals surface area (Å²) in [5.41, 5.74) is 6.08. The van der Waals surface area contributed by atoms with Gasteiger partial charge in [0, 0.05) is 47.3 Å². The van der Waals surface area contributed by atoms with Crippen LogP contribution in [0, 0.1) is 0 Å². The molecule has 11 N–H and O–H groups in total. The average Bonchev–Trinajstić information content (AvgIpc) is 3.76. The third kappa shape index (κ3) is 10.1. The van der Waals surface area contributed by atoms with Crippen LogP contribution in [0.5, 0.6) is 5.75 Å². The Hall–Kier alpha value is -6.18. The number of aromatic carboxylic acids is 1. The van der Waals surface area contributed by atoms with Crippen molar-refractivity contribution >= 4 is 69.4 Å². The standard InChI is InChI=1S/C34H32N7O20P3/c35-29-26-30(39-13-38-29)41(14-40-26)32-27(44)28(24(58-32)12-56-63(52,53)61-64(54,55)60-62(49,50)51)59-34(48)37-8-7-36-31(45)15-1-4-18(33(46)47)21(9-15)25-19-5-2-16(42)10-22(19)57-23-11-17(43)3-6-20(23)25/h1-6,9-11,13-14,24,27-28,32,42,44H,7-8,12H2,(H,36,45)(H,37,48)(H,46,47)(H,52,53)(H,54,55)(H2,35,38,39)(H2,49,50,51)/t24-,27-,28-,32-/m1/s1. The Morgan fingerprint density at radius 3 is 2.38 bits per heavy atom. The number of phenols is 1. The number of nitrogens with one attached hydrogen (secondary N) is 2. The van der Waals surface area contributed by atoms with E-state index in [-0.39, 0.29) is 69.4 Å². The molecule has 30 heteroatoms. The molecule has 64 heavy (non-hydrogen) atoms. The van der Waals surface area contributed by atoms with Crippen molar-refractivity contribution in [3.8, 4) is 28.2 Å². The van der Waals surface area contributed by atoms with E-state index in [0.717, 1.165) is 17.2 Å². The smallest absolute Gasteiger partial charge is 0.490 e. The number of hydrogen-bond acceptors (Lipinski definition) is 19. The highest BCUT2D eigenvalue weighted by Gasteiger charge is 2.50. The van der Waals surface area contributed by atoms with Crippen LogP contribution >= 0.6 is 23.5 Å². The van der Waals surface area contributed by atoms with Crippen LogP contribution < -0.4 is 21.8 Å². The Labute approximate surface area is 355 Å². The van der Waals surface area contributed by atoms with Gasteiger partial charge in [0.1, 0.15) is 41.1 Å². The molecule has 2 amide bonds. The number of fused-ring (bicyclic) bond motifs is 3. The number of hydrogen-bond donors (Lipinski definition) is 10. The first-order valence-electron chi connectivity index (χ1n) is 17.9. The third-order valence-electron chi connectivity index (χ3n) is 9.17. The number of benzene rings is 3. The fraction of sp³-hybridized carbons (Fsp3) is 0.206. The number of imidazole rings is 1. The number of phosphoric ester groups is 1. The predicted octanol–water partition coefficient (Wildman–Crippen LogP) is 1.82. The van der Waals surface area contributed by atoms with E-state index in [1.54, 1.807) is 0 Å². The number of aromatic nitrogens is 4. The number of aromatic hydroxyl groups is 1. The minimum Gasteiger partial charge on any atom is -0.508 e. The number of alkyl carbamates (subject to hydrolysis) is 1. The lowest BCUT2D eigenvalue weighted by molar-refractivity contribution is -0.0508. The maximum Gasteiger partial charge on any atom is 0.490 e. The summed E-state index contributed by atoms with van der Waals surface area (Å²) in [6.07, 6.45) is -5.90. The van der Waals surface area contributed by atoms with E-state index in [1.807, 2.05) is 0 Å². The number of nitrogen functional groups attached to an aromatic ring is 1. The molecule has 2 aromatic heterocycles. The van der Waals surface area contributed by atoms with Crippen molar-refractivity contribution in [1.82, 2.24) is 30.2 Å². The quantitative estimate of drug-likeness (QED) is 0.0398. The molecule has 1 saturated heterocycles. The first kappa shape index (κ1) is 45.8. The van der Waals surface area contributed by atoms with Crippen LogP contribution in [0.3, 0.4) is 0 Å². The molecule has 4 heterocycles. The second-order valence-corrected chi connectivity index (χ2v) is 17.9. The summed E-state index contributed by atoms with van der Waals surface area (Å²) in [5, 5.41) is 36.7. The number of aliphatic hydroxyl groups excluding tert-OH is 1. The fourth-order valence-corrected chi connectivity index (χ4v) is 9.62. The van der Waals surface area contributed by atoms with Crippen LogP contribution in [0.1, 0.15) is 26.9 Å². The molecule has 4 aromatic rings. The summed E-state index contributed by atoms with van der Waals surface area (Å²) in [4.78, 5) is 100. The zero-order chi connectivity index (χ0) is 46.3. The number of carbonyl (C=O) groups is 3. The molecule has 7 rings (SSSR count). The van der Waals surface area contributed by atoms with Crippen molar-refractivity contribution in [2.24, 2.45) is 0 Å². The molecule has 1 aliphatic carbocycles. The van der Waals surface area contributed by atoms with Crippen LogP contribution in [-0.2, 0) is 36.3 Å². The Balaban J connectivity index is 1.05. The minimum absolute atomic E-state index is 0.0212. The molecule has 0 spiro atoms. The number of nitrogens with two attached hydrogens (primary N) is 1. The van der Waals surface area contributed by atoms with Gasteiger partial charge < -0.3 is 65.2 Å². The lowest BCUT2D eigenvalue weighted by atomic mass is 9.89. The topological polar surface area (TPSA) is 414 Å². The molecule has 0 radical (unpaired) electrons. The van der Waals surface area contributed by atoms with Gasteiger partial charge in [-0.1, -0.05) is 0 Å². The van der Waals surface area contributed by atoms with Gasteiger partial charge in [-0.15, -0.1) is 0 Å². The zero-order valence-corrected chi connectivity index (χ0v) is 34.6. The molecular formula is C34H32N7O20P3. The normalized spacial score (nSPS) is 19.6. The van der Waals surface area contributed by atoms with Gasteiger partial charge in [0.05, 0.1) is 18.5 Å². The number of amides is 2. The second-order valence-electron chi connectivity index (χ2n) is 13.5. The SMILES string of the molecule is Nc1ncnc2c1ncn2[C@@H]1O[C@H](COP(=O)(O)OP(=O)(O)OP(=O)(O)O)[C@@H](OC(=O)NCCNC(=O)c2ccc(C(=O)O)c(-c3c4ccc(=O)cc-4oc4cc(O)ccc34)c2)[C@H]1O. The largest absolute Gasteiger partial charge is 0.508 e. The van der Waals surface area contributed by atoms with Gasteiger partial charge in [0.15, 0.2) is 29.2 Å². The molecule has 0 saturated carbocycles. The lowest BCUT2D eigenvalue weighted by Crippen LogP contribution is -2.42. The zero-order valence-electron chi connectivity index (χ0n) is 31.9. The average molecular weight is 952 g/mol. The van der Waals surface area contributed by atoms with Crippen LogP contribution in [0.4, 0.5) is 10.6 Å². The Kier molecular flexibility index (Phi) is 12.7. The number of anilines is 1. The lowest BCUT2D eigenvalue weighted by Gasteiger charge is -2.22. The molecule has 6 atom stereocenters. The van der Waals surface area contributed by atoms with Crippen molar-refractivity contribution in [2.45, 2.75) is 24.5 Å². The number of carboxylic acid groups (broad SMARTS) is 1. The number of nitrogens with zero attached hydrogens (tertiary/aromatic N) is 4. The Morgan fingerprint density at radius 1 is 0.891 bits per heavy atom. The molecule has 0 bridgehead atoms. The van der Waals surface area contributed by atoms with E-state index in [9.17, 15) is 58.0 Å².